The van der Waals surface area contributed by atoms with Gasteiger partial charge >= 0.3 is 0 Å². The highest BCUT2D eigenvalue weighted by atomic mass is 16.6. The number of rotatable bonds is 0. The van der Waals surface area contributed by atoms with Gasteiger partial charge in [-0.05, 0) is 6.92 Å². The third-order valence-corrected chi connectivity index (χ3v) is 0. The summed E-state index contributed by atoms with van der Waals surface area (Å²) in [5, 5.41) is 0. The lowest BCUT2D eigenvalue weighted by molar-refractivity contribution is -0.106. The molecule has 0 aromatic heterocycles. The van der Waals surface area contributed by atoms with Crippen molar-refractivity contribution in [1.82, 2.24) is 0 Å². The van der Waals surface area contributed by atoms with E-state index >= 15 is 0 Å². The molecule has 3 nitrogen and oxygen atoms in total. The Balaban J connectivity index is 0. The van der Waals surface area contributed by atoms with E-state index in [1.165, 1.54) is 14.0 Å². The van der Waals surface area contributed by atoms with E-state index in [-0.39, 0.29) is 0 Å². The molecule has 2 N–H and O–H groups in total. The van der Waals surface area contributed by atoms with Crippen LogP contribution >= 0.6 is 0 Å². The predicted molar refractivity (Wildman–Crippen MR) is 22.9 cm³/mol. The second kappa shape index (κ2) is 23.4. The van der Waals surface area contributed by atoms with Gasteiger partial charge in [-0.2, -0.15) is 0 Å². The molecule has 3 heteroatoms. The summed E-state index contributed by atoms with van der Waals surface area (Å²) in [6.45, 7) is 1.44. The summed E-state index contributed by atoms with van der Waals surface area (Å²) in [4.78, 5) is 12.6. The SMILES string of the molecule is CC=O.CON. The quantitative estimate of drug-likeness (QED) is 0.329. The van der Waals surface area contributed by atoms with Crippen LogP contribution in [-0.4, -0.2) is 13.4 Å². The summed E-state index contributed by atoms with van der Waals surface area (Å²) in [6.07, 6.45) is 0.750. The smallest absolute Gasteiger partial charge is 0.116 e. The molecular weight excluding hydrogens is 82.0 g/mol. The molecular formula is C3H9NO2. The van der Waals surface area contributed by atoms with Crippen LogP contribution in [0.15, 0.2) is 0 Å². The Kier molecular flexibility index (Phi) is 35.6. The number of aldehydes is 1. The first kappa shape index (κ1) is 9.14. The van der Waals surface area contributed by atoms with Gasteiger partial charge < -0.3 is 9.63 Å². The maximum Gasteiger partial charge on any atom is 0.116 e. The van der Waals surface area contributed by atoms with E-state index in [0.29, 0.717) is 0 Å². The lowest BCUT2D eigenvalue weighted by Gasteiger charge is -1.62. The van der Waals surface area contributed by atoms with Crippen molar-refractivity contribution in [3.8, 4) is 0 Å². The standard InChI is InChI=1S/C2H4O.CH5NO/c1-2-3;1-3-2/h2H,1H3;2H2,1H3. The van der Waals surface area contributed by atoms with Crippen molar-refractivity contribution in [2.75, 3.05) is 7.11 Å². The zero-order valence-electron chi connectivity index (χ0n) is 3.97. The first-order chi connectivity index (χ1) is 2.83. The summed E-state index contributed by atoms with van der Waals surface area (Å²) < 4.78 is 0. The van der Waals surface area contributed by atoms with E-state index < -0.39 is 0 Å². The van der Waals surface area contributed by atoms with Crippen LogP contribution in [0.2, 0.25) is 0 Å². The van der Waals surface area contributed by atoms with E-state index in [1.807, 2.05) is 0 Å². The highest BCUT2D eigenvalue weighted by Gasteiger charge is 1.24. The Morgan fingerprint density at radius 3 is 1.83 bits per heavy atom. The molecule has 0 aromatic carbocycles. The molecule has 0 atom stereocenters. The number of hydrogen-bond donors (Lipinski definition) is 1. The molecule has 0 bridgehead atoms. The lowest BCUT2D eigenvalue weighted by atomic mass is 11.0. The molecule has 0 aromatic rings. The first-order valence-electron chi connectivity index (χ1n) is 1.46. The summed E-state index contributed by atoms with van der Waals surface area (Å²) >= 11 is 0. The average Bonchev–Trinajstić information content (AvgIpc) is 1.39. The molecule has 0 unspecified atom stereocenters. The molecule has 6 heavy (non-hydrogen) atoms. The fourth-order valence-electron chi connectivity index (χ4n) is 0. The molecule has 0 amide bonds. The Bertz CT molecular complexity index is 22.8. The van der Waals surface area contributed by atoms with Crippen LogP contribution in [0, 0.1) is 0 Å². The van der Waals surface area contributed by atoms with E-state index in [2.05, 4.69) is 10.7 Å². The van der Waals surface area contributed by atoms with E-state index in [9.17, 15) is 0 Å². The van der Waals surface area contributed by atoms with Gasteiger partial charge in [0.15, 0.2) is 0 Å². The van der Waals surface area contributed by atoms with E-state index in [1.54, 1.807) is 0 Å². The summed E-state index contributed by atoms with van der Waals surface area (Å²) in [5.74, 6) is 4.35. The molecule has 38 valence electrons. The molecule has 0 rings (SSSR count). The fraction of sp³-hybridized carbons (Fsp3) is 0.667. The van der Waals surface area contributed by atoms with Gasteiger partial charge in [-0.15, -0.1) is 0 Å². The molecule has 0 aliphatic rings. The van der Waals surface area contributed by atoms with Crippen molar-refractivity contribution in [3.05, 3.63) is 0 Å². The molecule has 0 saturated heterocycles. The van der Waals surface area contributed by atoms with Crippen LogP contribution < -0.4 is 5.90 Å². The molecule has 0 radical (unpaired) electrons. The predicted octanol–water partition coefficient (Wildman–Crippen LogP) is -0.288. The molecule has 0 fully saturated rings. The minimum Gasteiger partial charge on any atom is -0.308 e. The average molecular weight is 91.1 g/mol. The molecule has 0 aliphatic heterocycles. The topological polar surface area (TPSA) is 52.3 Å². The second-order valence-corrected chi connectivity index (χ2v) is 0.471. The Morgan fingerprint density at radius 1 is 1.83 bits per heavy atom. The van der Waals surface area contributed by atoms with Gasteiger partial charge in [0.05, 0.1) is 7.11 Å². The molecule has 0 aliphatic carbocycles. The third kappa shape index (κ3) is 143. The maximum absolute atomic E-state index is 8.81. The fourth-order valence-corrected chi connectivity index (χ4v) is 0. The van der Waals surface area contributed by atoms with Gasteiger partial charge in [0, 0.05) is 0 Å². The van der Waals surface area contributed by atoms with Crippen molar-refractivity contribution in [2.24, 2.45) is 5.90 Å². The number of carbonyl (C=O) groups is 1. The van der Waals surface area contributed by atoms with E-state index in [4.69, 9.17) is 4.79 Å². The van der Waals surface area contributed by atoms with Crippen LogP contribution in [-0.2, 0) is 9.63 Å². The number of carbonyl (C=O) groups excluding carboxylic acids is 1. The van der Waals surface area contributed by atoms with Crippen molar-refractivity contribution in [3.63, 3.8) is 0 Å². The second-order valence-electron chi connectivity index (χ2n) is 0.471. The molecule has 0 spiro atoms. The van der Waals surface area contributed by atoms with Gasteiger partial charge in [0.25, 0.3) is 0 Å². The number of hydrogen-bond acceptors (Lipinski definition) is 3. The van der Waals surface area contributed by atoms with Gasteiger partial charge in [0.2, 0.25) is 0 Å². The van der Waals surface area contributed by atoms with Crippen molar-refractivity contribution < 1.29 is 9.63 Å². The highest BCUT2D eigenvalue weighted by Crippen LogP contribution is 1.14. The zero-order chi connectivity index (χ0) is 5.41. The van der Waals surface area contributed by atoms with Gasteiger partial charge in [-0.1, -0.05) is 0 Å². The minimum atomic E-state index is 0.750. The van der Waals surface area contributed by atoms with E-state index in [0.717, 1.165) is 6.29 Å². The maximum atomic E-state index is 8.81. The highest BCUT2D eigenvalue weighted by molar-refractivity contribution is 5.44. The van der Waals surface area contributed by atoms with Crippen molar-refractivity contribution in [2.45, 2.75) is 6.92 Å². The van der Waals surface area contributed by atoms with Crippen molar-refractivity contribution >= 4 is 6.29 Å². The van der Waals surface area contributed by atoms with Crippen molar-refractivity contribution in [1.29, 1.82) is 0 Å². The Morgan fingerprint density at radius 2 is 1.83 bits per heavy atom. The molecule has 0 saturated carbocycles. The normalized spacial score (nSPS) is 5.17. The molecule has 0 heterocycles. The Hall–Kier alpha value is -0.410. The summed E-state index contributed by atoms with van der Waals surface area (Å²) in [5.41, 5.74) is 0. The zero-order valence-corrected chi connectivity index (χ0v) is 3.97. The first-order valence-corrected chi connectivity index (χ1v) is 1.46. The van der Waals surface area contributed by atoms with Crippen LogP contribution in [0.4, 0.5) is 0 Å². The third-order valence-electron chi connectivity index (χ3n) is 0. The Labute approximate surface area is 37.0 Å². The van der Waals surface area contributed by atoms with Gasteiger partial charge in [-0.25, -0.2) is 5.90 Å². The number of nitrogens with two attached hydrogens (primary N) is 1. The van der Waals surface area contributed by atoms with Crippen LogP contribution in [0.5, 0.6) is 0 Å². The van der Waals surface area contributed by atoms with Gasteiger partial charge in [0.1, 0.15) is 6.29 Å². The van der Waals surface area contributed by atoms with Gasteiger partial charge in [-0.3, -0.25) is 0 Å². The van der Waals surface area contributed by atoms with Crippen LogP contribution in [0.25, 0.3) is 0 Å². The lowest BCUT2D eigenvalue weighted by Crippen LogP contribution is -1.86. The largest absolute Gasteiger partial charge is 0.308 e. The van der Waals surface area contributed by atoms with Crippen LogP contribution in [0.1, 0.15) is 6.92 Å². The minimum absolute atomic E-state index is 0.750. The van der Waals surface area contributed by atoms with Crippen LogP contribution in [0.3, 0.4) is 0 Å². The summed E-state index contributed by atoms with van der Waals surface area (Å²) in [6, 6.07) is 0. The monoisotopic (exact) mass is 91.1 g/mol. The summed E-state index contributed by atoms with van der Waals surface area (Å²) in [7, 11) is 1.40.